The van der Waals surface area contributed by atoms with E-state index in [0.29, 0.717) is 19.8 Å². The summed E-state index contributed by atoms with van der Waals surface area (Å²) < 4.78 is 22.9. The van der Waals surface area contributed by atoms with Gasteiger partial charge in [0.05, 0.1) is 6.61 Å². The zero-order valence-corrected chi connectivity index (χ0v) is 14.2. The Morgan fingerprint density at radius 3 is 2.48 bits per heavy atom. The topological polar surface area (TPSA) is 40.2 Å². The third kappa shape index (κ3) is 4.81. The molecule has 1 heterocycles. The largest absolute Gasteiger partial charge is 0.491 e. The van der Waals surface area contributed by atoms with Crippen molar-refractivity contribution in [3.05, 3.63) is 23.8 Å². The molecule has 1 aliphatic rings. The molecule has 1 aromatic carbocycles. The molecule has 4 nitrogen and oxygen atoms in total. The second-order valence-corrected chi connectivity index (χ2v) is 6.64. The van der Waals surface area contributed by atoms with Gasteiger partial charge >= 0.3 is 9.28 Å². The number of epoxide rings is 1. The molecule has 1 atom stereocenters. The first-order chi connectivity index (χ1) is 10.3. The molecule has 1 radical (unpaired) electrons. The average Bonchev–Trinajstić information content (AvgIpc) is 3.30. The standard InChI is InChI=1S/C16H25O4Si/c1-4-8-14-15(18-12-13-11-17-13)9-7-10-16(14)21(19-5-2)20-6-3/h7,9-10,13H,4-6,8,11-12H2,1-3H3. The minimum Gasteiger partial charge on any atom is -0.491 e. The first-order valence-electron chi connectivity index (χ1n) is 7.79. The van der Waals surface area contributed by atoms with Gasteiger partial charge in [-0.2, -0.15) is 0 Å². The average molecular weight is 309 g/mol. The molecular weight excluding hydrogens is 284 g/mol. The molecule has 117 valence electrons. The fraction of sp³-hybridized carbons (Fsp3) is 0.625. The molecule has 21 heavy (non-hydrogen) atoms. The molecule has 2 rings (SSSR count). The van der Waals surface area contributed by atoms with Gasteiger partial charge in [-0.15, -0.1) is 0 Å². The molecule has 0 amide bonds. The van der Waals surface area contributed by atoms with Crippen molar-refractivity contribution in [1.29, 1.82) is 0 Å². The van der Waals surface area contributed by atoms with Crippen LogP contribution >= 0.6 is 0 Å². The van der Waals surface area contributed by atoms with Gasteiger partial charge < -0.3 is 18.3 Å². The van der Waals surface area contributed by atoms with Crippen LogP contribution in [-0.4, -0.2) is 41.8 Å². The molecule has 1 aromatic rings. The van der Waals surface area contributed by atoms with Crippen molar-refractivity contribution in [3.63, 3.8) is 0 Å². The lowest BCUT2D eigenvalue weighted by Gasteiger charge is -2.19. The Hall–Kier alpha value is -0.883. The van der Waals surface area contributed by atoms with Gasteiger partial charge in [-0.25, -0.2) is 0 Å². The second kappa shape index (κ2) is 8.53. The lowest BCUT2D eigenvalue weighted by atomic mass is 10.1. The number of hydrogen-bond acceptors (Lipinski definition) is 4. The molecule has 0 saturated carbocycles. The highest BCUT2D eigenvalue weighted by atomic mass is 28.3. The van der Waals surface area contributed by atoms with Gasteiger partial charge in [0.25, 0.3) is 0 Å². The maximum absolute atomic E-state index is 5.94. The van der Waals surface area contributed by atoms with Crippen molar-refractivity contribution >= 4 is 14.5 Å². The Bertz CT molecular complexity index is 428. The highest BCUT2D eigenvalue weighted by Crippen LogP contribution is 2.21. The summed E-state index contributed by atoms with van der Waals surface area (Å²) in [6, 6.07) is 6.18. The van der Waals surface area contributed by atoms with E-state index in [1.807, 2.05) is 26.0 Å². The maximum atomic E-state index is 5.94. The molecule has 0 aromatic heterocycles. The van der Waals surface area contributed by atoms with Crippen molar-refractivity contribution in [2.75, 3.05) is 26.4 Å². The van der Waals surface area contributed by atoms with Crippen LogP contribution in [0.5, 0.6) is 5.75 Å². The van der Waals surface area contributed by atoms with Crippen LogP contribution in [0, 0.1) is 0 Å². The smallest absolute Gasteiger partial charge is 0.424 e. The summed E-state index contributed by atoms with van der Waals surface area (Å²) in [4.78, 5) is 0. The van der Waals surface area contributed by atoms with E-state index >= 15 is 0 Å². The SMILES string of the molecule is CCCc1c(OCC2CO2)cccc1[Si](OCC)OCC. The van der Waals surface area contributed by atoms with Crippen LogP contribution < -0.4 is 9.92 Å². The summed E-state index contributed by atoms with van der Waals surface area (Å²) in [6.07, 6.45) is 2.32. The number of ether oxygens (including phenoxy) is 2. The summed E-state index contributed by atoms with van der Waals surface area (Å²) in [5.74, 6) is 0.951. The quantitative estimate of drug-likeness (QED) is 0.491. The normalized spacial score (nSPS) is 17.2. The van der Waals surface area contributed by atoms with E-state index in [1.165, 1.54) is 10.8 Å². The molecule has 1 saturated heterocycles. The fourth-order valence-electron chi connectivity index (χ4n) is 2.21. The fourth-order valence-corrected chi connectivity index (χ4v) is 3.85. The summed E-state index contributed by atoms with van der Waals surface area (Å²) in [6.45, 7) is 8.98. The van der Waals surface area contributed by atoms with Crippen molar-refractivity contribution in [1.82, 2.24) is 0 Å². The zero-order valence-electron chi connectivity index (χ0n) is 13.2. The van der Waals surface area contributed by atoms with Gasteiger partial charge in [-0.05, 0) is 31.9 Å². The monoisotopic (exact) mass is 309 g/mol. The van der Waals surface area contributed by atoms with Gasteiger partial charge in [0.15, 0.2) is 0 Å². The lowest BCUT2D eigenvalue weighted by molar-refractivity contribution is 0.225. The van der Waals surface area contributed by atoms with Crippen LogP contribution in [-0.2, 0) is 20.0 Å². The molecule has 5 heteroatoms. The van der Waals surface area contributed by atoms with Gasteiger partial charge in [0.2, 0.25) is 0 Å². The first-order valence-corrected chi connectivity index (χ1v) is 9.10. The Morgan fingerprint density at radius 2 is 1.90 bits per heavy atom. The maximum Gasteiger partial charge on any atom is 0.424 e. The molecule has 1 aliphatic heterocycles. The van der Waals surface area contributed by atoms with Gasteiger partial charge in [0, 0.05) is 18.4 Å². The van der Waals surface area contributed by atoms with Gasteiger partial charge in [-0.3, -0.25) is 0 Å². The van der Waals surface area contributed by atoms with E-state index < -0.39 is 9.28 Å². The van der Waals surface area contributed by atoms with Crippen molar-refractivity contribution in [3.8, 4) is 5.75 Å². The predicted octanol–water partition coefficient (Wildman–Crippen LogP) is 2.18. The van der Waals surface area contributed by atoms with Gasteiger partial charge in [0.1, 0.15) is 18.5 Å². The Kier molecular flexibility index (Phi) is 6.70. The molecule has 1 fully saturated rings. The summed E-state index contributed by atoms with van der Waals surface area (Å²) in [5, 5.41) is 1.18. The predicted molar refractivity (Wildman–Crippen MR) is 84.3 cm³/mol. The van der Waals surface area contributed by atoms with Crippen molar-refractivity contribution in [2.45, 2.75) is 39.7 Å². The lowest BCUT2D eigenvalue weighted by Crippen LogP contribution is -2.39. The number of benzene rings is 1. The van der Waals surface area contributed by atoms with Crippen LogP contribution in [0.4, 0.5) is 0 Å². The van der Waals surface area contributed by atoms with Crippen LogP contribution in [0.15, 0.2) is 18.2 Å². The number of hydrogen-bond donors (Lipinski definition) is 0. The van der Waals surface area contributed by atoms with E-state index in [2.05, 4.69) is 13.0 Å². The third-order valence-corrected chi connectivity index (χ3v) is 5.24. The van der Waals surface area contributed by atoms with Crippen LogP contribution in [0.3, 0.4) is 0 Å². The third-order valence-electron chi connectivity index (χ3n) is 3.23. The number of rotatable bonds is 10. The van der Waals surface area contributed by atoms with Gasteiger partial charge in [-0.1, -0.05) is 25.5 Å². The van der Waals surface area contributed by atoms with E-state index in [4.69, 9.17) is 18.3 Å². The first kappa shape index (κ1) is 16.5. The van der Waals surface area contributed by atoms with Crippen molar-refractivity contribution in [2.24, 2.45) is 0 Å². The highest BCUT2D eigenvalue weighted by molar-refractivity contribution is 6.62. The molecule has 0 spiro atoms. The Labute approximate surface area is 129 Å². The second-order valence-electron chi connectivity index (χ2n) is 4.95. The summed E-state index contributed by atoms with van der Waals surface area (Å²) >= 11 is 0. The summed E-state index contributed by atoms with van der Waals surface area (Å²) in [7, 11) is -1.43. The molecular formula is C16H25O4Si. The Morgan fingerprint density at radius 1 is 1.19 bits per heavy atom. The van der Waals surface area contributed by atoms with E-state index in [-0.39, 0.29) is 6.10 Å². The van der Waals surface area contributed by atoms with E-state index in [1.54, 1.807) is 0 Å². The van der Waals surface area contributed by atoms with E-state index in [9.17, 15) is 0 Å². The van der Waals surface area contributed by atoms with Crippen molar-refractivity contribution < 1.29 is 18.3 Å². The Balaban J connectivity index is 2.21. The minimum atomic E-state index is -1.43. The van der Waals surface area contributed by atoms with Crippen LogP contribution in [0.1, 0.15) is 32.8 Å². The molecule has 0 bridgehead atoms. The summed E-state index contributed by atoms with van der Waals surface area (Å²) in [5.41, 5.74) is 1.23. The highest BCUT2D eigenvalue weighted by Gasteiger charge is 2.26. The molecule has 1 unspecified atom stereocenters. The zero-order chi connectivity index (χ0) is 15.1. The molecule has 0 N–H and O–H groups in total. The van der Waals surface area contributed by atoms with E-state index in [0.717, 1.165) is 25.2 Å². The minimum absolute atomic E-state index is 0.270. The van der Waals surface area contributed by atoms with Crippen LogP contribution in [0.2, 0.25) is 0 Å². The molecule has 0 aliphatic carbocycles. The van der Waals surface area contributed by atoms with Crippen LogP contribution in [0.25, 0.3) is 0 Å².